The average molecular weight is 500 g/mol. The molecule has 0 aliphatic carbocycles. The van der Waals surface area contributed by atoms with Crippen LogP contribution in [0.1, 0.15) is 50.7 Å². The van der Waals surface area contributed by atoms with Gasteiger partial charge < -0.3 is 9.23 Å². The lowest BCUT2D eigenvalue weighted by molar-refractivity contribution is -0.653. The summed E-state index contributed by atoms with van der Waals surface area (Å²) in [5.41, 5.74) is 9.64. The van der Waals surface area contributed by atoms with Crippen LogP contribution in [-0.2, 0) is 7.05 Å². The molecule has 0 saturated carbocycles. The number of para-hydroxylation sites is 1. The lowest BCUT2D eigenvalue weighted by Crippen LogP contribution is -2.62. The van der Waals surface area contributed by atoms with Crippen LogP contribution in [0.4, 0.5) is 0 Å². The lowest BCUT2D eigenvalue weighted by atomic mass is 9.57. The predicted octanol–water partition coefficient (Wildman–Crippen LogP) is 4.86. The first-order valence-electron chi connectivity index (χ1n) is 13.6. The van der Waals surface area contributed by atoms with Gasteiger partial charge in [0.2, 0.25) is 5.72 Å². The highest BCUT2D eigenvalue weighted by molar-refractivity contribution is 6.82. The first-order valence-corrected chi connectivity index (χ1v) is 13.6. The van der Waals surface area contributed by atoms with Gasteiger partial charge in [-0.15, -0.1) is 0 Å². The number of furan rings is 1. The Labute approximate surface area is 225 Å². The highest BCUT2D eigenvalue weighted by Crippen LogP contribution is 2.35. The third-order valence-electron chi connectivity index (χ3n) is 7.82. The van der Waals surface area contributed by atoms with E-state index in [2.05, 4.69) is 135 Å². The number of hydrogen-bond acceptors (Lipinski definition) is 2. The molecule has 0 saturated heterocycles. The van der Waals surface area contributed by atoms with Gasteiger partial charge in [0.05, 0.1) is 7.05 Å². The molecule has 190 valence electrons. The molecule has 0 amide bonds. The fourth-order valence-electron chi connectivity index (χ4n) is 5.81. The molecule has 0 N–H and O–H groups in total. The summed E-state index contributed by atoms with van der Waals surface area (Å²) in [5.74, 6) is 3.10. The molecule has 3 aromatic carbocycles. The molecule has 2 aromatic heterocycles. The zero-order chi connectivity index (χ0) is 26.6. The Bertz CT molecular complexity index is 1730. The SMILES string of the molecule is CC(C)c1cc(-c2ccccc2)cc(C(C)C)c1-n1cc[n+](C)c1B1C=c2c(oc3ccccc23)=CN1C. The van der Waals surface area contributed by atoms with E-state index in [-0.39, 0.29) is 6.85 Å². The van der Waals surface area contributed by atoms with Crippen LogP contribution in [0.3, 0.4) is 0 Å². The van der Waals surface area contributed by atoms with E-state index in [1.165, 1.54) is 38.9 Å². The van der Waals surface area contributed by atoms with Crippen LogP contribution in [-0.4, -0.2) is 23.3 Å². The highest BCUT2D eigenvalue weighted by atomic mass is 16.3. The van der Waals surface area contributed by atoms with E-state index in [1.54, 1.807) is 0 Å². The second-order valence-corrected chi connectivity index (χ2v) is 11.1. The van der Waals surface area contributed by atoms with Gasteiger partial charge in [0.25, 0.3) is 0 Å². The van der Waals surface area contributed by atoms with Crippen LogP contribution in [0.25, 0.3) is 40.0 Å². The van der Waals surface area contributed by atoms with Crippen molar-refractivity contribution >= 4 is 35.7 Å². The molecule has 1 aliphatic rings. The minimum atomic E-state index is 0.0531. The second kappa shape index (κ2) is 9.40. The first kappa shape index (κ1) is 24.4. The van der Waals surface area contributed by atoms with Gasteiger partial charge in [-0.1, -0.05) is 82.2 Å². The van der Waals surface area contributed by atoms with Crippen molar-refractivity contribution in [2.24, 2.45) is 7.05 Å². The maximum Gasteiger partial charge on any atom is 0.421 e. The summed E-state index contributed by atoms with van der Waals surface area (Å²) in [5, 5.41) is 2.33. The number of benzene rings is 3. The number of hydrogen-bond donors (Lipinski definition) is 0. The lowest BCUT2D eigenvalue weighted by Gasteiger charge is -2.23. The molecule has 5 heteroatoms. The third kappa shape index (κ3) is 3.98. The Morgan fingerprint density at radius 3 is 2.18 bits per heavy atom. The summed E-state index contributed by atoms with van der Waals surface area (Å²) in [6, 6.07) is 23.8. The van der Waals surface area contributed by atoms with E-state index in [4.69, 9.17) is 4.42 Å². The van der Waals surface area contributed by atoms with Gasteiger partial charge in [0, 0.05) is 27.9 Å². The topological polar surface area (TPSA) is 25.2 Å². The zero-order valence-corrected chi connectivity index (χ0v) is 23.1. The summed E-state index contributed by atoms with van der Waals surface area (Å²) in [6.45, 7) is 9.27. The fourth-order valence-corrected chi connectivity index (χ4v) is 5.81. The number of aromatic nitrogens is 2. The van der Waals surface area contributed by atoms with Gasteiger partial charge in [-0.05, 0) is 48.2 Å². The number of rotatable bonds is 5. The quantitative estimate of drug-likeness (QED) is 0.254. The van der Waals surface area contributed by atoms with Gasteiger partial charge in [-0.2, -0.15) is 0 Å². The maximum absolute atomic E-state index is 6.19. The van der Waals surface area contributed by atoms with E-state index in [1.807, 2.05) is 12.1 Å². The van der Waals surface area contributed by atoms with Crippen LogP contribution in [0.2, 0.25) is 0 Å². The summed E-state index contributed by atoms with van der Waals surface area (Å²) >= 11 is 0. The number of nitrogens with zero attached hydrogens (tertiary/aromatic N) is 3. The average Bonchev–Trinajstić information content (AvgIpc) is 3.47. The largest absolute Gasteiger partial charge is 0.455 e. The molecule has 3 heterocycles. The van der Waals surface area contributed by atoms with Crippen molar-refractivity contribution in [1.82, 2.24) is 9.38 Å². The number of fused-ring (bicyclic) bond motifs is 3. The van der Waals surface area contributed by atoms with Crippen LogP contribution in [0.5, 0.6) is 0 Å². The first-order chi connectivity index (χ1) is 18.3. The Hall–Kier alpha value is -3.99. The van der Waals surface area contributed by atoms with Crippen LogP contribution in [0.15, 0.2) is 83.5 Å². The van der Waals surface area contributed by atoms with Crippen LogP contribution in [0, 0.1) is 0 Å². The van der Waals surface area contributed by atoms with E-state index >= 15 is 0 Å². The molecule has 4 nitrogen and oxygen atoms in total. The molecule has 0 radical (unpaired) electrons. The standard InChI is InChI=1S/C33H35BN3O/c1-22(2)27-18-25(24-12-8-7-9-13-24)19-28(23(3)4)32(27)37-17-16-35(5)33(37)34-20-29-26-14-10-11-15-30(26)38-31(29)21-36(34)6/h7-23H,1-6H3/q+1. The Kier molecular flexibility index (Phi) is 6.02. The monoisotopic (exact) mass is 500 g/mol. The third-order valence-corrected chi connectivity index (χ3v) is 7.82. The smallest absolute Gasteiger partial charge is 0.421 e. The van der Waals surface area contributed by atoms with Crippen molar-refractivity contribution in [3.05, 3.63) is 101 Å². The molecule has 0 fully saturated rings. The summed E-state index contributed by atoms with van der Waals surface area (Å²) < 4.78 is 10.9. The van der Waals surface area contributed by atoms with Gasteiger partial charge in [0.15, 0.2) is 0 Å². The van der Waals surface area contributed by atoms with Crippen molar-refractivity contribution in [3.63, 3.8) is 0 Å². The molecular formula is C33H35BN3O+. The van der Waals surface area contributed by atoms with Crippen molar-refractivity contribution in [1.29, 1.82) is 0 Å². The Morgan fingerprint density at radius 1 is 0.842 bits per heavy atom. The molecule has 5 aromatic rings. The van der Waals surface area contributed by atoms with Gasteiger partial charge in [-0.25, -0.2) is 9.13 Å². The van der Waals surface area contributed by atoms with Crippen molar-refractivity contribution in [2.45, 2.75) is 39.5 Å². The summed E-state index contributed by atoms with van der Waals surface area (Å²) in [4.78, 5) is 2.26. The molecule has 6 rings (SSSR count). The highest BCUT2D eigenvalue weighted by Gasteiger charge is 2.36. The second-order valence-electron chi connectivity index (χ2n) is 11.1. The van der Waals surface area contributed by atoms with E-state index in [9.17, 15) is 0 Å². The van der Waals surface area contributed by atoms with Crippen LogP contribution < -0.4 is 20.9 Å². The van der Waals surface area contributed by atoms with E-state index in [0.29, 0.717) is 11.8 Å². The van der Waals surface area contributed by atoms with Crippen molar-refractivity contribution in [3.8, 4) is 16.8 Å². The number of aryl methyl sites for hydroxylation is 1. The Balaban J connectivity index is 1.59. The molecule has 0 bridgehead atoms. The van der Waals surface area contributed by atoms with Gasteiger partial charge >= 0.3 is 6.85 Å². The minimum Gasteiger partial charge on any atom is -0.455 e. The van der Waals surface area contributed by atoms with E-state index < -0.39 is 0 Å². The number of imidazole rings is 1. The zero-order valence-electron chi connectivity index (χ0n) is 23.1. The maximum atomic E-state index is 6.19. The Morgan fingerprint density at radius 2 is 1.50 bits per heavy atom. The van der Waals surface area contributed by atoms with Gasteiger partial charge in [-0.3, -0.25) is 0 Å². The molecular weight excluding hydrogens is 465 g/mol. The fraction of sp³-hybridized carbons (Fsp3) is 0.242. The summed E-state index contributed by atoms with van der Waals surface area (Å²) in [7, 11) is 4.29. The molecule has 1 aliphatic heterocycles. The molecule has 0 atom stereocenters. The molecule has 0 spiro atoms. The van der Waals surface area contributed by atoms with Crippen LogP contribution >= 0.6 is 0 Å². The predicted molar refractivity (Wildman–Crippen MR) is 158 cm³/mol. The van der Waals surface area contributed by atoms with Gasteiger partial charge in [0.1, 0.15) is 29.1 Å². The molecule has 38 heavy (non-hydrogen) atoms. The minimum absolute atomic E-state index is 0.0531. The van der Waals surface area contributed by atoms with Crippen molar-refractivity contribution < 1.29 is 8.98 Å². The molecule has 0 unspecified atom stereocenters. The summed E-state index contributed by atoms with van der Waals surface area (Å²) in [6.07, 6.45) is 6.55. The van der Waals surface area contributed by atoms with E-state index in [0.717, 1.165) is 16.4 Å². The van der Waals surface area contributed by atoms with Crippen molar-refractivity contribution in [2.75, 3.05) is 7.05 Å². The normalized spacial score (nSPS) is 13.3.